The number of aromatic amines is 1. The summed E-state index contributed by atoms with van der Waals surface area (Å²) in [5.74, 6) is 1.15. The van der Waals surface area contributed by atoms with Crippen molar-refractivity contribution in [2.45, 2.75) is 44.8 Å². The van der Waals surface area contributed by atoms with Crippen LogP contribution in [-0.4, -0.2) is 56.4 Å². The molecule has 1 aromatic carbocycles. The number of hydrogen-bond donors (Lipinski definition) is 2. The van der Waals surface area contributed by atoms with E-state index in [0.717, 1.165) is 52.8 Å². The number of rotatable bonds is 4. The van der Waals surface area contributed by atoms with Gasteiger partial charge in [-0.2, -0.15) is 9.97 Å². The monoisotopic (exact) mass is 487 g/mol. The zero-order chi connectivity index (χ0) is 24.7. The van der Waals surface area contributed by atoms with Gasteiger partial charge in [0, 0.05) is 31.1 Å². The molecule has 2 fully saturated rings. The van der Waals surface area contributed by atoms with Crippen molar-refractivity contribution in [3.8, 4) is 11.8 Å². The molecule has 9 nitrogen and oxygen atoms in total. The Hall–Kier alpha value is -3.79. The lowest BCUT2D eigenvalue weighted by Gasteiger charge is -2.31. The highest BCUT2D eigenvalue weighted by Gasteiger charge is 2.44. The second-order valence-electron chi connectivity index (χ2n) is 10.1. The Balaban J connectivity index is 1.38. The third kappa shape index (κ3) is 3.10. The zero-order valence-corrected chi connectivity index (χ0v) is 20.1. The summed E-state index contributed by atoms with van der Waals surface area (Å²) in [6.45, 7) is 3.27. The van der Waals surface area contributed by atoms with E-state index >= 15 is 0 Å². The molecule has 184 valence electrons. The van der Waals surface area contributed by atoms with Gasteiger partial charge in [-0.05, 0) is 48.9 Å². The van der Waals surface area contributed by atoms with E-state index in [2.05, 4.69) is 19.9 Å². The lowest BCUT2D eigenvalue weighted by molar-refractivity contribution is 0.0816. The second kappa shape index (κ2) is 7.60. The number of amides is 1. The van der Waals surface area contributed by atoms with Crippen LogP contribution in [0.1, 0.15) is 41.4 Å². The molecule has 1 saturated heterocycles. The molecule has 3 aromatic heterocycles. The molecular formula is C26H26FN7O2. The average molecular weight is 488 g/mol. The van der Waals surface area contributed by atoms with Crippen molar-refractivity contribution in [2.75, 3.05) is 18.5 Å². The van der Waals surface area contributed by atoms with Crippen LogP contribution in [0.2, 0.25) is 0 Å². The number of piperidine rings is 1. The van der Waals surface area contributed by atoms with Crippen LogP contribution in [0, 0.1) is 11.7 Å². The molecule has 1 aliphatic carbocycles. The average Bonchev–Trinajstić information content (AvgIpc) is 3.60. The number of carbonyl (C=O) groups is 1. The molecule has 2 aliphatic heterocycles. The molecular weight excluding hydrogens is 461 g/mol. The topological polar surface area (TPSA) is 113 Å². The molecule has 10 heteroatoms. The van der Waals surface area contributed by atoms with Crippen molar-refractivity contribution in [3.05, 3.63) is 47.0 Å². The number of fused-ring (bicyclic) bond motifs is 6. The van der Waals surface area contributed by atoms with Gasteiger partial charge in [-0.25, -0.2) is 4.39 Å². The first-order valence-electron chi connectivity index (χ1n) is 12.4. The number of anilines is 1. The molecule has 7 rings (SSSR count). The lowest BCUT2D eigenvalue weighted by Crippen LogP contribution is -2.41. The number of aromatic nitrogens is 4. The van der Waals surface area contributed by atoms with Gasteiger partial charge in [0.2, 0.25) is 0 Å². The highest BCUT2D eigenvalue weighted by Crippen LogP contribution is 2.44. The van der Waals surface area contributed by atoms with E-state index in [0.29, 0.717) is 35.8 Å². The van der Waals surface area contributed by atoms with Crippen LogP contribution in [0.4, 0.5) is 10.2 Å². The largest absolute Gasteiger partial charge is 0.423 e. The van der Waals surface area contributed by atoms with E-state index in [9.17, 15) is 9.18 Å². The van der Waals surface area contributed by atoms with Crippen LogP contribution in [0.15, 0.2) is 24.4 Å². The molecule has 3 aliphatic rings. The van der Waals surface area contributed by atoms with Gasteiger partial charge < -0.3 is 25.3 Å². The van der Waals surface area contributed by atoms with Gasteiger partial charge in [-0.15, -0.1) is 0 Å². The minimum Gasteiger partial charge on any atom is -0.423 e. The summed E-state index contributed by atoms with van der Waals surface area (Å²) in [4.78, 5) is 33.6. The summed E-state index contributed by atoms with van der Waals surface area (Å²) >= 11 is 0. The third-order valence-corrected chi connectivity index (χ3v) is 7.93. The number of hydrogen-bond acceptors (Lipinski definition) is 7. The minimum atomic E-state index is -0.282. The Kier molecular flexibility index (Phi) is 4.54. The number of aryl methyl sites for hydroxylation is 1. The molecule has 1 amide bonds. The Morgan fingerprint density at radius 1 is 1.25 bits per heavy atom. The molecule has 1 saturated carbocycles. The summed E-state index contributed by atoms with van der Waals surface area (Å²) in [6.07, 6.45) is 4.18. The van der Waals surface area contributed by atoms with Crippen LogP contribution in [0.5, 0.6) is 11.8 Å². The van der Waals surface area contributed by atoms with Gasteiger partial charge in [0.1, 0.15) is 23.0 Å². The predicted octanol–water partition coefficient (Wildman–Crippen LogP) is 3.51. The van der Waals surface area contributed by atoms with E-state index in [4.69, 9.17) is 15.5 Å². The van der Waals surface area contributed by atoms with Crippen LogP contribution >= 0.6 is 0 Å². The van der Waals surface area contributed by atoms with Crippen molar-refractivity contribution in [3.63, 3.8) is 0 Å². The van der Waals surface area contributed by atoms with Crippen molar-refractivity contribution >= 4 is 33.7 Å². The number of carbonyl (C=O) groups excluding carboxylic acids is 1. The maximum absolute atomic E-state index is 14.6. The van der Waals surface area contributed by atoms with Gasteiger partial charge in [-0.3, -0.25) is 9.78 Å². The normalized spacial score (nSPS) is 22.9. The molecule has 36 heavy (non-hydrogen) atoms. The van der Waals surface area contributed by atoms with Gasteiger partial charge in [0.05, 0.1) is 34.9 Å². The van der Waals surface area contributed by atoms with E-state index in [1.54, 1.807) is 36.3 Å². The Morgan fingerprint density at radius 3 is 2.86 bits per heavy atom. The number of pyridine rings is 1. The van der Waals surface area contributed by atoms with Crippen LogP contribution < -0.4 is 15.4 Å². The fraction of sp³-hybridized carbons (Fsp3) is 0.385. The molecule has 3 N–H and O–H groups in total. The number of ether oxygens (including phenoxy) is 1. The number of nitrogens with two attached hydrogens (primary N) is 1. The van der Waals surface area contributed by atoms with Gasteiger partial charge >= 0.3 is 6.01 Å². The molecule has 3 atom stereocenters. The summed E-state index contributed by atoms with van der Waals surface area (Å²) in [5, 5.41) is 1.56. The fourth-order valence-corrected chi connectivity index (χ4v) is 6.13. The minimum absolute atomic E-state index is 0.0887. The van der Waals surface area contributed by atoms with E-state index in [1.807, 2.05) is 6.92 Å². The zero-order valence-electron chi connectivity index (χ0n) is 20.1. The van der Waals surface area contributed by atoms with Crippen LogP contribution in [0.3, 0.4) is 0 Å². The van der Waals surface area contributed by atoms with Gasteiger partial charge in [0.15, 0.2) is 0 Å². The van der Waals surface area contributed by atoms with Crippen molar-refractivity contribution in [2.24, 2.45) is 11.7 Å². The Labute approximate surface area is 206 Å². The SMILES string of the molecule is CCc1cc(F)cc2c1[nH]c1nc(Oc3cnc4c(c3)C(=O)N(C)C4)nc(N3C[C@H]4CC3C[C@H]4N)c12. The number of nitrogens with one attached hydrogen (secondary N) is 1. The maximum Gasteiger partial charge on any atom is 0.326 e. The first-order chi connectivity index (χ1) is 17.4. The van der Waals surface area contributed by atoms with Crippen molar-refractivity contribution in [1.29, 1.82) is 0 Å². The van der Waals surface area contributed by atoms with E-state index in [-0.39, 0.29) is 29.8 Å². The smallest absolute Gasteiger partial charge is 0.326 e. The molecule has 1 unspecified atom stereocenters. The quantitative estimate of drug-likeness (QED) is 0.453. The standard InChI is InChI=1S/C26H26FN7O2/c1-3-12-4-14(27)6-18-21-23(30-22(12)18)31-26(32-24(21)34-10-13-5-15(34)7-19(13)28)36-16-8-17-20(29-9-16)11-33(2)25(17)35/h4,6,8-9,13,15,19H,3,5,7,10-11,28H2,1-2H3,(H,30,31,32)/t13-,15?,19-/m1/s1. The van der Waals surface area contributed by atoms with Crippen molar-refractivity contribution in [1.82, 2.24) is 24.8 Å². The highest BCUT2D eigenvalue weighted by molar-refractivity contribution is 6.12. The summed E-state index contributed by atoms with van der Waals surface area (Å²) in [6, 6.07) is 5.41. The van der Waals surface area contributed by atoms with Crippen molar-refractivity contribution < 1.29 is 13.9 Å². The second-order valence-corrected chi connectivity index (χ2v) is 10.1. The lowest BCUT2D eigenvalue weighted by atomic mass is 10.0. The number of nitrogens with zero attached hydrogens (tertiary/aromatic N) is 5. The van der Waals surface area contributed by atoms with Crippen LogP contribution in [0.25, 0.3) is 21.9 Å². The van der Waals surface area contributed by atoms with E-state index < -0.39 is 0 Å². The van der Waals surface area contributed by atoms with Gasteiger partial charge in [0.25, 0.3) is 5.91 Å². The number of halogens is 1. The molecule has 0 spiro atoms. The first kappa shape index (κ1) is 21.5. The predicted molar refractivity (Wildman–Crippen MR) is 133 cm³/mol. The first-order valence-corrected chi connectivity index (χ1v) is 12.4. The Morgan fingerprint density at radius 2 is 2.11 bits per heavy atom. The summed E-state index contributed by atoms with van der Waals surface area (Å²) in [7, 11) is 1.74. The van der Waals surface area contributed by atoms with E-state index in [1.165, 1.54) is 0 Å². The molecule has 2 bridgehead atoms. The molecule has 5 heterocycles. The third-order valence-electron chi connectivity index (χ3n) is 7.93. The number of benzene rings is 1. The maximum atomic E-state index is 14.6. The summed E-state index contributed by atoms with van der Waals surface area (Å²) in [5.41, 5.74) is 9.89. The Bertz CT molecular complexity index is 1570. The highest BCUT2D eigenvalue weighted by atomic mass is 19.1. The molecule has 0 radical (unpaired) electrons. The molecule has 4 aromatic rings. The summed E-state index contributed by atoms with van der Waals surface area (Å²) < 4.78 is 20.7. The van der Waals surface area contributed by atoms with Crippen LogP contribution in [-0.2, 0) is 13.0 Å². The number of H-pyrrole nitrogens is 1. The fourth-order valence-electron chi connectivity index (χ4n) is 6.13. The van der Waals surface area contributed by atoms with Gasteiger partial charge in [-0.1, -0.05) is 6.92 Å².